The van der Waals surface area contributed by atoms with E-state index in [9.17, 15) is 14.4 Å². The van der Waals surface area contributed by atoms with Crippen molar-refractivity contribution in [2.75, 3.05) is 7.05 Å². The minimum absolute atomic E-state index is 0.0417. The molecule has 0 bridgehead atoms. The lowest BCUT2D eigenvalue weighted by atomic mass is 9.78. The van der Waals surface area contributed by atoms with Gasteiger partial charge in [-0.2, -0.15) is 0 Å². The van der Waals surface area contributed by atoms with Crippen molar-refractivity contribution >= 4 is 34.6 Å². The predicted molar refractivity (Wildman–Crippen MR) is 115 cm³/mol. The van der Waals surface area contributed by atoms with Gasteiger partial charge in [-0.1, -0.05) is 50.6 Å². The van der Waals surface area contributed by atoms with Crippen molar-refractivity contribution in [1.29, 1.82) is 0 Å². The molecular weight excluding hydrogens is 388 g/mol. The van der Waals surface area contributed by atoms with E-state index in [-0.39, 0.29) is 11.6 Å². The van der Waals surface area contributed by atoms with E-state index in [1.165, 1.54) is 18.8 Å². The molecule has 156 valence electrons. The SMILES string of the molecule is CNC(=O)NC(=O)[C@H](C)Sc1nc2ccccc2c(=O)n1[C@@H]1CCC[C@@H](C)[C@H]1C. The number of hydrogen-bond donors (Lipinski definition) is 2. The van der Waals surface area contributed by atoms with Gasteiger partial charge in [-0.05, 0) is 37.3 Å². The Hall–Kier alpha value is -2.35. The first-order valence-corrected chi connectivity index (χ1v) is 10.9. The van der Waals surface area contributed by atoms with Crippen LogP contribution in [0.15, 0.2) is 34.2 Å². The summed E-state index contributed by atoms with van der Waals surface area (Å²) < 4.78 is 1.79. The molecule has 4 atom stereocenters. The van der Waals surface area contributed by atoms with Crippen LogP contribution in [0, 0.1) is 11.8 Å². The Labute approximate surface area is 174 Å². The zero-order valence-electron chi connectivity index (χ0n) is 17.3. The van der Waals surface area contributed by atoms with Gasteiger partial charge in [-0.25, -0.2) is 9.78 Å². The molecule has 1 fully saturated rings. The fraction of sp³-hybridized carbons (Fsp3) is 0.524. The first kappa shape index (κ1) is 21.4. The molecule has 8 heteroatoms. The van der Waals surface area contributed by atoms with Crippen LogP contribution in [-0.4, -0.2) is 33.8 Å². The summed E-state index contributed by atoms with van der Waals surface area (Å²) >= 11 is 1.22. The lowest BCUT2D eigenvalue weighted by Gasteiger charge is -2.36. The Morgan fingerprint density at radius 2 is 1.97 bits per heavy atom. The van der Waals surface area contributed by atoms with E-state index >= 15 is 0 Å². The lowest BCUT2D eigenvalue weighted by Crippen LogP contribution is -2.41. The number of thioether (sulfide) groups is 1. The van der Waals surface area contributed by atoms with Gasteiger partial charge in [0, 0.05) is 13.1 Å². The summed E-state index contributed by atoms with van der Waals surface area (Å²) in [5.74, 6) is 0.422. The molecular formula is C21H28N4O3S. The lowest BCUT2D eigenvalue weighted by molar-refractivity contribution is -0.119. The molecule has 1 heterocycles. The van der Waals surface area contributed by atoms with Gasteiger partial charge in [0.15, 0.2) is 5.16 Å². The number of benzene rings is 1. The number of urea groups is 1. The van der Waals surface area contributed by atoms with Crippen LogP contribution in [0.1, 0.15) is 46.1 Å². The van der Waals surface area contributed by atoms with Gasteiger partial charge in [-0.3, -0.25) is 19.5 Å². The highest BCUT2D eigenvalue weighted by molar-refractivity contribution is 8.00. The summed E-state index contributed by atoms with van der Waals surface area (Å²) in [6.45, 7) is 6.12. The molecule has 0 unspecified atom stereocenters. The van der Waals surface area contributed by atoms with Crippen LogP contribution >= 0.6 is 11.8 Å². The second-order valence-electron chi connectivity index (χ2n) is 7.75. The van der Waals surface area contributed by atoms with Crippen LogP contribution in [0.25, 0.3) is 10.9 Å². The number of carbonyl (C=O) groups excluding carboxylic acids is 2. The molecule has 29 heavy (non-hydrogen) atoms. The number of nitrogens with one attached hydrogen (secondary N) is 2. The van der Waals surface area contributed by atoms with E-state index in [1.54, 1.807) is 17.6 Å². The molecule has 2 N–H and O–H groups in total. The third kappa shape index (κ3) is 4.47. The molecule has 7 nitrogen and oxygen atoms in total. The van der Waals surface area contributed by atoms with Crippen molar-refractivity contribution in [3.63, 3.8) is 0 Å². The van der Waals surface area contributed by atoms with Crippen molar-refractivity contribution in [3.8, 4) is 0 Å². The summed E-state index contributed by atoms with van der Waals surface area (Å²) in [5.41, 5.74) is 0.551. The third-order valence-electron chi connectivity index (χ3n) is 5.89. The van der Waals surface area contributed by atoms with Gasteiger partial charge >= 0.3 is 6.03 Å². The van der Waals surface area contributed by atoms with Crippen molar-refractivity contribution in [2.45, 2.75) is 56.5 Å². The maximum Gasteiger partial charge on any atom is 0.321 e. The molecule has 0 radical (unpaired) electrons. The number of hydrogen-bond acceptors (Lipinski definition) is 5. The molecule has 3 rings (SSSR count). The van der Waals surface area contributed by atoms with Crippen molar-refractivity contribution in [2.24, 2.45) is 11.8 Å². The number of aromatic nitrogens is 2. The molecule has 2 aromatic rings. The highest BCUT2D eigenvalue weighted by Gasteiger charge is 2.32. The standard InChI is InChI=1S/C21H28N4O3S/c1-12-8-7-11-17(13(12)2)25-19(27)15-9-5-6-10-16(15)23-21(25)29-14(3)18(26)24-20(28)22-4/h5-6,9-10,12-14,17H,7-8,11H2,1-4H3,(H2,22,24,26,28)/t12-,13-,14+,17-/m1/s1. The Balaban J connectivity index is 2.04. The molecule has 1 aromatic carbocycles. The number of rotatable bonds is 4. The Kier molecular flexibility index (Phi) is 6.62. The average Bonchev–Trinajstić information content (AvgIpc) is 2.70. The Bertz CT molecular complexity index is 974. The van der Waals surface area contributed by atoms with Gasteiger partial charge in [0.1, 0.15) is 0 Å². The van der Waals surface area contributed by atoms with Crippen LogP contribution in [0.4, 0.5) is 4.79 Å². The van der Waals surface area contributed by atoms with Crippen LogP contribution in [-0.2, 0) is 4.79 Å². The number of fused-ring (bicyclic) bond motifs is 1. The molecule has 1 saturated carbocycles. The summed E-state index contributed by atoms with van der Waals surface area (Å²) in [5, 5.41) is 5.20. The van der Waals surface area contributed by atoms with E-state index in [4.69, 9.17) is 4.98 Å². The molecule has 3 amide bonds. The average molecular weight is 417 g/mol. The third-order valence-corrected chi connectivity index (χ3v) is 6.95. The zero-order valence-corrected chi connectivity index (χ0v) is 18.1. The first-order valence-electron chi connectivity index (χ1n) is 10.0. The molecule has 0 spiro atoms. The number of para-hydroxylation sites is 1. The normalized spacial score (nSPS) is 22.8. The monoisotopic (exact) mass is 416 g/mol. The largest absolute Gasteiger partial charge is 0.341 e. The predicted octanol–water partition coefficient (Wildman–Crippen LogP) is 3.33. The maximum atomic E-state index is 13.4. The fourth-order valence-electron chi connectivity index (χ4n) is 3.91. The minimum Gasteiger partial charge on any atom is -0.341 e. The zero-order chi connectivity index (χ0) is 21.1. The minimum atomic E-state index is -0.581. The maximum absolute atomic E-state index is 13.4. The van der Waals surface area contributed by atoms with E-state index < -0.39 is 17.2 Å². The summed E-state index contributed by atoms with van der Waals surface area (Å²) in [7, 11) is 1.45. The highest BCUT2D eigenvalue weighted by atomic mass is 32.2. The molecule has 0 aliphatic heterocycles. The van der Waals surface area contributed by atoms with E-state index in [0.717, 1.165) is 19.3 Å². The van der Waals surface area contributed by atoms with Gasteiger partial charge in [0.2, 0.25) is 5.91 Å². The molecule has 1 aliphatic rings. The van der Waals surface area contributed by atoms with Crippen LogP contribution in [0.2, 0.25) is 0 Å². The van der Waals surface area contributed by atoms with Crippen molar-refractivity contribution in [1.82, 2.24) is 20.2 Å². The number of nitrogens with zero attached hydrogens (tertiary/aromatic N) is 2. The first-order chi connectivity index (χ1) is 13.8. The van der Waals surface area contributed by atoms with Crippen molar-refractivity contribution in [3.05, 3.63) is 34.6 Å². The fourth-order valence-corrected chi connectivity index (χ4v) is 4.87. The second kappa shape index (κ2) is 8.98. The number of imide groups is 1. The van der Waals surface area contributed by atoms with E-state index in [2.05, 4.69) is 24.5 Å². The molecule has 1 aliphatic carbocycles. The smallest absolute Gasteiger partial charge is 0.321 e. The summed E-state index contributed by atoms with van der Waals surface area (Å²) in [6.07, 6.45) is 3.13. The van der Waals surface area contributed by atoms with E-state index in [0.29, 0.717) is 27.9 Å². The van der Waals surface area contributed by atoms with Gasteiger partial charge in [0.05, 0.1) is 16.2 Å². The molecule has 1 aromatic heterocycles. The van der Waals surface area contributed by atoms with Gasteiger partial charge in [0.25, 0.3) is 5.56 Å². The number of amides is 3. The van der Waals surface area contributed by atoms with Gasteiger partial charge < -0.3 is 5.32 Å². The van der Waals surface area contributed by atoms with Crippen LogP contribution < -0.4 is 16.2 Å². The van der Waals surface area contributed by atoms with E-state index in [1.807, 2.05) is 18.2 Å². The molecule has 0 saturated heterocycles. The summed E-state index contributed by atoms with van der Waals surface area (Å²) in [4.78, 5) is 42.0. The van der Waals surface area contributed by atoms with Crippen molar-refractivity contribution < 1.29 is 9.59 Å². The number of carbonyl (C=O) groups is 2. The Morgan fingerprint density at radius 1 is 1.24 bits per heavy atom. The Morgan fingerprint density at radius 3 is 2.69 bits per heavy atom. The van der Waals surface area contributed by atoms with Crippen LogP contribution in [0.5, 0.6) is 0 Å². The summed E-state index contributed by atoms with van der Waals surface area (Å²) in [6, 6.07) is 6.79. The van der Waals surface area contributed by atoms with Crippen LogP contribution in [0.3, 0.4) is 0 Å². The second-order valence-corrected chi connectivity index (χ2v) is 9.06. The quantitative estimate of drug-likeness (QED) is 0.589. The topological polar surface area (TPSA) is 93.1 Å². The highest BCUT2D eigenvalue weighted by Crippen LogP contribution is 2.39. The van der Waals surface area contributed by atoms with Gasteiger partial charge in [-0.15, -0.1) is 0 Å².